The van der Waals surface area contributed by atoms with Gasteiger partial charge in [0.1, 0.15) is 30.3 Å². The highest BCUT2D eigenvalue weighted by molar-refractivity contribution is 6.73. The number of nitrogen functional groups attached to an aromatic ring is 1. The summed E-state index contributed by atoms with van der Waals surface area (Å²) in [5, 5.41) is 2.26. The summed E-state index contributed by atoms with van der Waals surface area (Å²) in [5.41, 5.74) is 17.4. The predicted molar refractivity (Wildman–Crippen MR) is 212 cm³/mol. The molecule has 8 nitrogen and oxygen atoms in total. The number of H-pyrrole nitrogens is 1. The van der Waals surface area contributed by atoms with Crippen LogP contribution in [0.25, 0.3) is 21.8 Å². The second kappa shape index (κ2) is 16.5. The number of aromatic nitrogens is 1. The summed E-state index contributed by atoms with van der Waals surface area (Å²) in [6.07, 6.45) is -0.725. The Morgan fingerprint density at radius 2 is 1.37 bits per heavy atom. The molecule has 2 atom stereocenters. The van der Waals surface area contributed by atoms with Crippen molar-refractivity contribution in [2.24, 2.45) is 5.73 Å². The lowest BCUT2D eigenvalue weighted by Gasteiger charge is -2.41. The minimum absolute atomic E-state index is 0.0789. The van der Waals surface area contributed by atoms with Crippen LogP contribution < -0.4 is 20.9 Å². The normalized spacial score (nSPS) is 13.5. The zero-order valence-electron chi connectivity index (χ0n) is 30.3. The number of ether oxygens (including phenoxy) is 3. The Kier molecular flexibility index (Phi) is 11.6. The molecule has 2 unspecified atom stereocenters. The molecule has 1 aromatic heterocycles. The van der Waals surface area contributed by atoms with E-state index in [1.807, 2.05) is 109 Å². The van der Waals surface area contributed by atoms with Crippen LogP contribution in [0.2, 0.25) is 18.1 Å². The Bertz CT molecular complexity index is 2080. The number of carbonyl (C=O) groups is 1. The maximum absolute atomic E-state index is 14.4. The van der Waals surface area contributed by atoms with Gasteiger partial charge in [-0.25, -0.2) is 4.79 Å². The Labute approximate surface area is 307 Å². The molecule has 0 aliphatic carbocycles. The van der Waals surface area contributed by atoms with Gasteiger partial charge < -0.3 is 35.1 Å². The predicted octanol–water partition coefficient (Wildman–Crippen LogP) is 9.46. The number of esters is 1. The molecular formula is C43H49N3O5Si. The topological polar surface area (TPSA) is 122 Å². The quantitative estimate of drug-likeness (QED) is 0.0489. The number of benzene rings is 5. The number of fused-ring (bicyclic) bond motifs is 3. The third-order valence-electron chi connectivity index (χ3n) is 10.2. The summed E-state index contributed by atoms with van der Waals surface area (Å²) < 4.78 is 25.6. The fraction of sp³-hybridized carbons (Fsp3) is 0.279. The van der Waals surface area contributed by atoms with Gasteiger partial charge in [-0.3, -0.25) is 0 Å². The number of carbonyl (C=O) groups excluding carboxylic acids is 1. The molecule has 6 aromatic rings. The van der Waals surface area contributed by atoms with Crippen LogP contribution in [0, 0.1) is 0 Å². The summed E-state index contributed by atoms with van der Waals surface area (Å²) in [6.45, 7) is 7.06. The maximum atomic E-state index is 14.4. The average molecular weight is 716 g/mol. The van der Waals surface area contributed by atoms with E-state index in [4.69, 9.17) is 30.1 Å². The molecule has 0 spiro atoms. The smallest absolute Gasteiger partial charge is 0.329 e. The van der Waals surface area contributed by atoms with Crippen LogP contribution in [0.1, 0.15) is 50.0 Å². The molecular weight excluding hydrogens is 667 g/mol. The molecule has 5 N–H and O–H groups in total. The molecule has 6 rings (SSSR count). The molecule has 270 valence electrons. The van der Waals surface area contributed by atoms with E-state index in [1.165, 1.54) is 0 Å². The number of hydrogen-bond acceptors (Lipinski definition) is 7. The van der Waals surface area contributed by atoms with Gasteiger partial charge in [0.15, 0.2) is 8.32 Å². The van der Waals surface area contributed by atoms with E-state index in [0.29, 0.717) is 29.4 Å². The van der Waals surface area contributed by atoms with E-state index in [-0.39, 0.29) is 19.6 Å². The lowest BCUT2D eigenvalue weighted by atomic mass is 9.85. The van der Waals surface area contributed by atoms with E-state index in [2.05, 4.69) is 37.9 Å². The van der Waals surface area contributed by atoms with E-state index in [0.717, 1.165) is 51.1 Å². The molecule has 0 saturated heterocycles. The van der Waals surface area contributed by atoms with Crippen LogP contribution in [0.5, 0.6) is 11.5 Å². The molecule has 0 aliphatic rings. The minimum Gasteiger partial charge on any atom is -0.493 e. The van der Waals surface area contributed by atoms with E-state index in [9.17, 15) is 4.79 Å². The highest BCUT2D eigenvalue weighted by atomic mass is 28.4. The molecule has 0 fully saturated rings. The zero-order valence-corrected chi connectivity index (χ0v) is 31.3. The number of rotatable bonds is 17. The van der Waals surface area contributed by atoms with E-state index < -0.39 is 25.9 Å². The maximum Gasteiger partial charge on any atom is 0.329 e. The summed E-state index contributed by atoms with van der Waals surface area (Å²) in [5.74, 6) is 0.645. The Balaban J connectivity index is 1.32. The van der Waals surface area contributed by atoms with Crippen molar-refractivity contribution >= 4 is 41.8 Å². The van der Waals surface area contributed by atoms with Crippen molar-refractivity contribution in [3.63, 3.8) is 0 Å². The van der Waals surface area contributed by atoms with Crippen molar-refractivity contribution in [1.29, 1.82) is 0 Å². The van der Waals surface area contributed by atoms with Gasteiger partial charge in [-0.1, -0.05) is 106 Å². The number of nitrogens with one attached hydrogen (secondary N) is 1. The fourth-order valence-corrected chi connectivity index (χ4v) is 9.62. The Morgan fingerprint density at radius 1 is 0.731 bits per heavy atom. The molecule has 0 saturated carbocycles. The van der Waals surface area contributed by atoms with E-state index >= 15 is 0 Å². The Morgan fingerprint density at radius 3 is 2.04 bits per heavy atom. The first kappa shape index (κ1) is 36.7. The van der Waals surface area contributed by atoms with Crippen LogP contribution in [-0.2, 0) is 27.2 Å². The second-order valence-electron chi connectivity index (χ2n) is 13.4. The van der Waals surface area contributed by atoms with Gasteiger partial charge in [-0.05, 0) is 65.2 Å². The summed E-state index contributed by atoms with van der Waals surface area (Å²) in [7, 11) is -2.35. The minimum atomic E-state index is -2.35. The first-order chi connectivity index (χ1) is 25.3. The van der Waals surface area contributed by atoms with Crippen molar-refractivity contribution in [2.45, 2.75) is 70.2 Å². The standard InChI is InChI=1S/C43H49N3O5Si/c1-4-52(5-2,6-3)51-41(33-21-24-40(37(44)27-33)49-29-31-15-9-7-10-16-31)43(45,42(47)50-30-32-17-11-8-12-18-32)25-26-48-34-22-23-36-35-19-13-14-20-38(35)46-39(36)28-34/h7-24,27-28,41,46H,4-6,25-26,29-30,44-45H2,1-3H3. The van der Waals surface area contributed by atoms with Gasteiger partial charge in [0.25, 0.3) is 0 Å². The number of para-hydroxylation sites is 1. The summed E-state index contributed by atoms with van der Waals surface area (Å²) in [6, 6.07) is 41.8. The first-order valence-electron chi connectivity index (χ1n) is 18.1. The number of aromatic amines is 1. The van der Waals surface area contributed by atoms with Crippen LogP contribution in [-0.4, -0.2) is 31.4 Å². The summed E-state index contributed by atoms with van der Waals surface area (Å²) >= 11 is 0. The number of hydrogen-bond donors (Lipinski definition) is 3. The first-order valence-corrected chi connectivity index (χ1v) is 20.7. The van der Waals surface area contributed by atoms with Crippen LogP contribution in [0.3, 0.4) is 0 Å². The molecule has 0 aliphatic heterocycles. The Hall–Kier alpha value is -5.09. The molecule has 1 heterocycles. The SMILES string of the molecule is CC[Si](CC)(CC)OC(c1ccc(OCc2ccccc2)c(N)c1)C(N)(CCOc1ccc2c(c1)[nH]c1ccccc12)C(=O)OCc1ccccc1. The van der Waals surface area contributed by atoms with Crippen LogP contribution in [0.15, 0.2) is 121 Å². The van der Waals surface area contributed by atoms with Crippen molar-refractivity contribution in [2.75, 3.05) is 12.3 Å². The van der Waals surface area contributed by atoms with Crippen molar-refractivity contribution in [3.05, 3.63) is 138 Å². The van der Waals surface area contributed by atoms with Gasteiger partial charge in [0, 0.05) is 28.8 Å². The van der Waals surface area contributed by atoms with Crippen LogP contribution in [0.4, 0.5) is 5.69 Å². The van der Waals surface area contributed by atoms with Gasteiger partial charge >= 0.3 is 5.97 Å². The van der Waals surface area contributed by atoms with Crippen molar-refractivity contribution < 1.29 is 23.4 Å². The second-order valence-corrected chi connectivity index (χ2v) is 18.1. The average Bonchev–Trinajstić information content (AvgIpc) is 3.56. The van der Waals surface area contributed by atoms with Crippen LogP contribution >= 0.6 is 0 Å². The van der Waals surface area contributed by atoms with E-state index in [1.54, 1.807) is 0 Å². The number of anilines is 1. The summed E-state index contributed by atoms with van der Waals surface area (Å²) in [4.78, 5) is 17.9. The molecule has 9 heteroatoms. The van der Waals surface area contributed by atoms with Gasteiger partial charge in [-0.15, -0.1) is 0 Å². The van der Waals surface area contributed by atoms with Crippen molar-refractivity contribution in [3.8, 4) is 11.5 Å². The lowest BCUT2D eigenvalue weighted by molar-refractivity contribution is -0.157. The largest absolute Gasteiger partial charge is 0.493 e. The molecule has 0 radical (unpaired) electrons. The third kappa shape index (κ3) is 8.18. The molecule has 0 amide bonds. The highest BCUT2D eigenvalue weighted by Crippen LogP contribution is 2.40. The van der Waals surface area contributed by atoms with Crippen molar-refractivity contribution in [1.82, 2.24) is 4.98 Å². The fourth-order valence-electron chi connectivity index (χ4n) is 6.78. The molecule has 0 bridgehead atoms. The number of nitrogens with two attached hydrogens (primary N) is 2. The van der Waals surface area contributed by atoms with Gasteiger partial charge in [0.2, 0.25) is 0 Å². The lowest BCUT2D eigenvalue weighted by Crippen LogP contribution is -2.58. The molecule has 5 aromatic carbocycles. The third-order valence-corrected chi connectivity index (χ3v) is 14.8. The highest BCUT2D eigenvalue weighted by Gasteiger charge is 2.49. The zero-order chi connectivity index (χ0) is 36.6. The molecule has 52 heavy (non-hydrogen) atoms. The monoisotopic (exact) mass is 715 g/mol. The van der Waals surface area contributed by atoms with Gasteiger partial charge in [0.05, 0.1) is 23.9 Å². The van der Waals surface area contributed by atoms with Gasteiger partial charge in [-0.2, -0.15) is 0 Å².